The molecule has 0 saturated heterocycles. The van der Waals surface area contributed by atoms with E-state index < -0.39 is 10.1 Å². The van der Waals surface area contributed by atoms with Crippen molar-refractivity contribution in [1.82, 2.24) is 5.32 Å². The van der Waals surface area contributed by atoms with Crippen molar-refractivity contribution in [1.29, 1.82) is 0 Å². The molecule has 0 spiro atoms. The van der Waals surface area contributed by atoms with Gasteiger partial charge >= 0.3 is 29.6 Å². The van der Waals surface area contributed by atoms with Crippen molar-refractivity contribution >= 4 is 39.7 Å². The molecule has 0 aliphatic carbocycles. The number of nitrogens with one attached hydrogen (secondary N) is 1. The first kappa shape index (κ1) is 25.1. The number of rotatable bonds is 16. The van der Waals surface area contributed by atoms with E-state index in [-0.39, 0.29) is 35.3 Å². The van der Waals surface area contributed by atoms with Crippen molar-refractivity contribution in [2.24, 2.45) is 0 Å². The Hall–Kier alpha value is 0.870. The third kappa shape index (κ3) is 23.1. The molecule has 0 radical (unpaired) electrons. The van der Waals surface area contributed by atoms with Gasteiger partial charge in [-0.15, -0.1) is 0 Å². The molecule has 0 saturated carbocycles. The van der Waals surface area contributed by atoms with Gasteiger partial charge in [-0.25, -0.2) is 0 Å². The van der Waals surface area contributed by atoms with Crippen LogP contribution in [0.4, 0.5) is 0 Å². The zero-order chi connectivity index (χ0) is 15.8. The van der Waals surface area contributed by atoms with Crippen LogP contribution in [0.5, 0.6) is 0 Å². The summed E-state index contributed by atoms with van der Waals surface area (Å²) in [6.07, 6.45) is 15.9. The standard InChI is InChI=1S/C16H35NO3S.Na.H/c1-2-3-4-5-6-7-8-9-10-11-12-13-14-17-15-16-21(18,19)20;;/h17H,2-16H2,1H3,(H,18,19,20);;. The first-order valence-corrected chi connectivity index (χ1v) is 10.3. The van der Waals surface area contributed by atoms with Gasteiger partial charge in [0, 0.05) is 6.54 Å². The van der Waals surface area contributed by atoms with E-state index in [1.807, 2.05) is 0 Å². The van der Waals surface area contributed by atoms with Crippen LogP contribution in [0.3, 0.4) is 0 Å². The van der Waals surface area contributed by atoms with E-state index in [1.54, 1.807) is 0 Å². The molecule has 22 heavy (non-hydrogen) atoms. The Bertz CT molecular complexity index is 311. The topological polar surface area (TPSA) is 66.4 Å². The second-order valence-electron chi connectivity index (χ2n) is 5.93. The van der Waals surface area contributed by atoms with E-state index in [1.165, 1.54) is 70.6 Å². The van der Waals surface area contributed by atoms with Crippen molar-refractivity contribution in [3.05, 3.63) is 0 Å². The van der Waals surface area contributed by atoms with Gasteiger partial charge in [-0.2, -0.15) is 8.42 Å². The van der Waals surface area contributed by atoms with Gasteiger partial charge in [0.1, 0.15) is 0 Å². The fourth-order valence-electron chi connectivity index (χ4n) is 2.42. The molecule has 130 valence electrons. The number of hydrogen-bond donors (Lipinski definition) is 2. The average molecular weight is 346 g/mol. The van der Waals surface area contributed by atoms with Gasteiger partial charge in [-0.1, -0.05) is 77.6 Å². The monoisotopic (exact) mass is 345 g/mol. The van der Waals surface area contributed by atoms with E-state index in [0.717, 1.165) is 13.0 Å². The van der Waals surface area contributed by atoms with Crippen molar-refractivity contribution in [2.45, 2.75) is 84.0 Å². The van der Waals surface area contributed by atoms with Gasteiger partial charge in [0.05, 0.1) is 5.75 Å². The van der Waals surface area contributed by atoms with Crippen LogP contribution in [0.1, 0.15) is 84.0 Å². The summed E-state index contributed by atoms with van der Waals surface area (Å²) < 4.78 is 29.5. The van der Waals surface area contributed by atoms with Crippen LogP contribution in [0.2, 0.25) is 0 Å². The van der Waals surface area contributed by atoms with Crippen molar-refractivity contribution in [3.8, 4) is 0 Å². The molecule has 0 fully saturated rings. The predicted molar refractivity (Wildman–Crippen MR) is 97.5 cm³/mol. The summed E-state index contributed by atoms with van der Waals surface area (Å²) >= 11 is 0. The summed E-state index contributed by atoms with van der Waals surface area (Å²) in [7, 11) is -3.80. The quantitative estimate of drug-likeness (QED) is 0.255. The van der Waals surface area contributed by atoms with Crippen molar-refractivity contribution < 1.29 is 13.0 Å². The Balaban J connectivity index is 0. The minimum atomic E-state index is -3.80. The molecule has 2 N–H and O–H groups in total. The van der Waals surface area contributed by atoms with Crippen LogP contribution in [0.15, 0.2) is 0 Å². The maximum absolute atomic E-state index is 10.5. The molecule has 0 aromatic carbocycles. The Morgan fingerprint density at radius 3 is 1.55 bits per heavy atom. The molecule has 0 heterocycles. The summed E-state index contributed by atoms with van der Waals surface area (Å²) in [6.45, 7) is 3.44. The van der Waals surface area contributed by atoms with E-state index in [2.05, 4.69) is 12.2 Å². The molecule has 0 bridgehead atoms. The second kappa shape index (κ2) is 18.2. The SMILES string of the molecule is CCCCCCCCCCCCCCNCCS(=O)(=O)O.[NaH]. The first-order valence-electron chi connectivity index (χ1n) is 8.72. The van der Waals surface area contributed by atoms with E-state index >= 15 is 0 Å². The fourth-order valence-corrected chi connectivity index (χ4v) is 2.82. The molecule has 6 heteroatoms. The molecule has 0 aliphatic heterocycles. The maximum atomic E-state index is 10.5. The summed E-state index contributed by atoms with van der Waals surface area (Å²) in [4.78, 5) is 0. The molecule has 0 rings (SSSR count). The number of unbranched alkanes of at least 4 members (excludes halogenated alkanes) is 11. The van der Waals surface area contributed by atoms with Crippen LogP contribution < -0.4 is 5.32 Å². The predicted octanol–water partition coefficient (Wildman–Crippen LogP) is 3.52. The molecular weight excluding hydrogens is 309 g/mol. The Labute approximate surface area is 160 Å². The second-order valence-corrected chi connectivity index (χ2v) is 7.50. The zero-order valence-electron chi connectivity index (χ0n) is 13.8. The molecule has 0 aromatic rings. The molecule has 0 aromatic heterocycles. The van der Waals surface area contributed by atoms with Crippen molar-refractivity contribution in [3.63, 3.8) is 0 Å². The van der Waals surface area contributed by atoms with Crippen LogP contribution in [0.25, 0.3) is 0 Å². The average Bonchev–Trinajstić information content (AvgIpc) is 2.42. The van der Waals surface area contributed by atoms with Gasteiger partial charge in [0.25, 0.3) is 10.1 Å². The normalized spacial score (nSPS) is 11.4. The summed E-state index contributed by atoms with van der Waals surface area (Å²) in [6, 6.07) is 0. The molecule has 4 nitrogen and oxygen atoms in total. The van der Waals surface area contributed by atoms with E-state index in [9.17, 15) is 8.42 Å². The van der Waals surface area contributed by atoms with Crippen LogP contribution >= 0.6 is 0 Å². The zero-order valence-corrected chi connectivity index (χ0v) is 14.6. The first-order chi connectivity index (χ1) is 10.1. The number of hydrogen-bond acceptors (Lipinski definition) is 3. The molecule has 0 unspecified atom stereocenters. The van der Waals surface area contributed by atoms with Crippen molar-refractivity contribution in [2.75, 3.05) is 18.8 Å². The van der Waals surface area contributed by atoms with Gasteiger partial charge < -0.3 is 5.32 Å². The van der Waals surface area contributed by atoms with E-state index in [0.29, 0.717) is 6.54 Å². The van der Waals surface area contributed by atoms with Gasteiger partial charge in [-0.05, 0) is 13.0 Å². The Kier molecular flexibility index (Phi) is 20.8. The van der Waals surface area contributed by atoms with Crippen LogP contribution in [0, 0.1) is 0 Å². The summed E-state index contributed by atoms with van der Waals surface area (Å²) in [5.41, 5.74) is 0. The Morgan fingerprint density at radius 1 is 0.727 bits per heavy atom. The third-order valence-electron chi connectivity index (χ3n) is 3.74. The summed E-state index contributed by atoms with van der Waals surface area (Å²) in [5, 5.41) is 3.04. The minimum absolute atomic E-state index is 0. The molecule has 0 amide bonds. The molecule has 0 atom stereocenters. The molecule has 0 aliphatic rings. The Morgan fingerprint density at radius 2 is 1.14 bits per heavy atom. The van der Waals surface area contributed by atoms with Gasteiger partial charge in [-0.3, -0.25) is 4.55 Å². The third-order valence-corrected chi connectivity index (χ3v) is 4.46. The summed E-state index contributed by atoms with van der Waals surface area (Å²) in [5.74, 6) is -0.189. The van der Waals surface area contributed by atoms with Gasteiger partial charge in [0.2, 0.25) is 0 Å². The van der Waals surface area contributed by atoms with Crippen LogP contribution in [-0.2, 0) is 10.1 Å². The fraction of sp³-hybridized carbons (Fsp3) is 1.00. The van der Waals surface area contributed by atoms with E-state index in [4.69, 9.17) is 4.55 Å². The van der Waals surface area contributed by atoms with Crippen LogP contribution in [-0.4, -0.2) is 61.4 Å². The van der Waals surface area contributed by atoms with Gasteiger partial charge in [0.15, 0.2) is 0 Å². The molecular formula is C16H36NNaO3S.